The molecule has 0 bridgehead atoms. The van der Waals surface area contributed by atoms with Gasteiger partial charge in [-0.15, -0.1) is 0 Å². The molecule has 3 N–H and O–H groups in total. The van der Waals surface area contributed by atoms with Crippen LogP contribution in [0.25, 0.3) is 0 Å². The van der Waals surface area contributed by atoms with E-state index in [1.165, 1.54) is 0 Å². The molecule has 3 aliphatic rings. The summed E-state index contributed by atoms with van der Waals surface area (Å²) in [5, 5.41) is 10.5. The van der Waals surface area contributed by atoms with Gasteiger partial charge < -0.3 is 20.4 Å². The molecule has 9 nitrogen and oxygen atoms in total. The van der Waals surface area contributed by atoms with Crippen LogP contribution in [-0.2, 0) is 11.2 Å². The molecule has 2 saturated carbocycles. The molecule has 2 aromatic heterocycles. The third kappa shape index (κ3) is 5.17. The summed E-state index contributed by atoms with van der Waals surface area (Å²) >= 11 is 0. The van der Waals surface area contributed by atoms with Crippen LogP contribution in [0.2, 0.25) is 0 Å². The maximum atomic E-state index is 13.8. The van der Waals surface area contributed by atoms with Gasteiger partial charge in [0.05, 0.1) is 7.11 Å². The number of carbonyl (C=O) groups is 2. The Morgan fingerprint density at radius 1 is 1.05 bits per heavy atom. The summed E-state index contributed by atoms with van der Waals surface area (Å²) < 4.78 is 7.01. The number of nitrogens with zero attached hydrogens (tertiary/aromatic N) is 2. The van der Waals surface area contributed by atoms with Gasteiger partial charge in [0.15, 0.2) is 0 Å². The highest BCUT2D eigenvalue weighted by Gasteiger charge is 2.48. The van der Waals surface area contributed by atoms with Crippen molar-refractivity contribution in [1.82, 2.24) is 20.1 Å². The SMILES string of the molecule is COc1c[nH]c(=O)c(C2CCc3cc(NC(=O)C(NC(=O)c4ccnn4C(C)C)C(C4CC4)C4CC4)ccc32)c1. The second kappa shape index (κ2) is 10.6. The van der Waals surface area contributed by atoms with Crippen LogP contribution in [0.15, 0.2) is 47.5 Å². The van der Waals surface area contributed by atoms with Gasteiger partial charge in [0.1, 0.15) is 17.5 Å². The molecule has 6 rings (SSSR count). The Bertz CT molecular complexity index is 1470. The summed E-state index contributed by atoms with van der Waals surface area (Å²) in [5.74, 6) is 1.24. The fourth-order valence-electron chi connectivity index (χ4n) is 6.44. The van der Waals surface area contributed by atoms with Gasteiger partial charge in [-0.05, 0) is 106 Å². The molecule has 2 amide bonds. The van der Waals surface area contributed by atoms with Crippen molar-refractivity contribution in [1.29, 1.82) is 0 Å². The van der Waals surface area contributed by atoms with E-state index < -0.39 is 6.04 Å². The fourth-order valence-corrected chi connectivity index (χ4v) is 6.44. The van der Waals surface area contributed by atoms with Crippen molar-refractivity contribution in [2.45, 2.75) is 70.4 Å². The molecule has 1 aromatic carbocycles. The van der Waals surface area contributed by atoms with Crippen molar-refractivity contribution in [2.75, 3.05) is 12.4 Å². The van der Waals surface area contributed by atoms with Gasteiger partial charge in [0.2, 0.25) is 5.91 Å². The Balaban J connectivity index is 1.23. The second-order valence-corrected chi connectivity index (χ2v) is 11.8. The van der Waals surface area contributed by atoms with Gasteiger partial charge in [-0.25, -0.2) is 0 Å². The predicted octanol–water partition coefficient (Wildman–Crippen LogP) is 4.41. The van der Waals surface area contributed by atoms with Crippen LogP contribution in [0.3, 0.4) is 0 Å². The molecule has 0 saturated heterocycles. The average Bonchev–Trinajstić information content (AvgIpc) is 3.87. The fraction of sp³-hybridized carbons (Fsp3) is 0.484. The number of methoxy groups -OCH3 is 1. The number of hydrogen-bond acceptors (Lipinski definition) is 5. The minimum Gasteiger partial charge on any atom is -0.495 e. The first kappa shape index (κ1) is 26.3. The first-order valence-electron chi connectivity index (χ1n) is 14.4. The number of rotatable bonds is 10. The highest BCUT2D eigenvalue weighted by atomic mass is 16.5. The zero-order chi connectivity index (χ0) is 28.0. The lowest BCUT2D eigenvalue weighted by Gasteiger charge is -2.28. The molecule has 2 heterocycles. The standard InChI is InChI=1S/C31H37N5O4/c1-17(2)36-26(12-13-33-36)30(38)35-28(27(18-4-5-18)19-6-7-19)31(39)34-21-9-11-23-20(14-21)8-10-24(23)25-15-22(40-3)16-32-29(25)37/h9,11-19,24,27-28H,4-8,10H2,1-3H3,(H,32,37)(H,34,39)(H,35,38). The van der Waals surface area contributed by atoms with Crippen LogP contribution in [-0.4, -0.2) is 39.7 Å². The van der Waals surface area contributed by atoms with Crippen LogP contribution >= 0.6 is 0 Å². The number of carbonyl (C=O) groups excluding carboxylic acids is 2. The van der Waals surface area contributed by atoms with Crippen molar-refractivity contribution in [3.8, 4) is 5.75 Å². The molecule has 2 fully saturated rings. The van der Waals surface area contributed by atoms with E-state index in [1.54, 1.807) is 30.3 Å². The second-order valence-electron chi connectivity index (χ2n) is 11.8. The summed E-state index contributed by atoms with van der Waals surface area (Å²) in [6, 6.07) is 8.86. The number of benzene rings is 1. The summed E-state index contributed by atoms with van der Waals surface area (Å²) in [7, 11) is 1.58. The summed E-state index contributed by atoms with van der Waals surface area (Å²) in [6.45, 7) is 3.96. The Kier molecular flexibility index (Phi) is 6.98. The van der Waals surface area contributed by atoms with Gasteiger partial charge in [0.25, 0.3) is 11.5 Å². The number of aromatic nitrogens is 3. The van der Waals surface area contributed by atoms with Crippen molar-refractivity contribution in [3.05, 3.63) is 75.5 Å². The van der Waals surface area contributed by atoms with Gasteiger partial charge in [-0.2, -0.15) is 5.10 Å². The van der Waals surface area contributed by atoms with Crippen molar-refractivity contribution < 1.29 is 14.3 Å². The van der Waals surface area contributed by atoms with E-state index in [9.17, 15) is 14.4 Å². The van der Waals surface area contributed by atoms with E-state index in [4.69, 9.17) is 4.74 Å². The molecule has 9 heteroatoms. The summed E-state index contributed by atoms with van der Waals surface area (Å²) in [4.78, 5) is 42.6. The molecular weight excluding hydrogens is 506 g/mol. The summed E-state index contributed by atoms with van der Waals surface area (Å²) in [6.07, 6.45) is 9.25. The monoisotopic (exact) mass is 543 g/mol. The number of anilines is 1. The minimum atomic E-state index is -0.612. The highest BCUT2D eigenvalue weighted by Crippen LogP contribution is 2.51. The number of H-pyrrole nitrogens is 1. The van der Waals surface area contributed by atoms with E-state index in [1.807, 2.05) is 38.1 Å². The maximum Gasteiger partial charge on any atom is 0.270 e. The molecule has 0 spiro atoms. The Hall–Kier alpha value is -3.88. The van der Waals surface area contributed by atoms with Crippen molar-refractivity contribution in [2.24, 2.45) is 17.8 Å². The number of aryl methyl sites for hydroxylation is 1. The Labute approximate surface area is 233 Å². The first-order valence-corrected chi connectivity index (χ1v) is 14.4. The third-order valence-electron chi connectivity index (χ3n) is 8.68. The number of ether oxygens (including phenoxy) is 1. The quantitative estimate of drug-likeness (QED) is 0.350. The smallest absolute Gasteiger partial charge is 0.270 e. The Morgan fingerprint density at radius 3 is 2.48 bits per heavy atom. The normalized spacial score (nSPS) is 19.0. The topological polar surface area (TPSA) is 118 Å². The van der Waals surface area contributed by atoms with Crippen LogP contribution in [0.5, 0.6) is 5.75 Å². The van der Waals surface area contributed by atoms with E-state index in [2.05, 4.69) is 20.7 Å². The molecule has 40 heavy (non-hydrogen) atoms. The van der Waals surface area contributed by atoms with Gasteiger partial charge >= 0.3 is 0 Å². The largest absolute Gasteiger partial charge is 0.495 e. The average molecular weight is 544 g/mol. The van der Waals surface area contributed by atoms with Crippen molar-refractivity contribution >= 4 is 17.5 Å². The van der Waals surface area contributed by atoms with Crippen LogP contribution in [0, 0.1) is 17.8 Å². The lowest BCUT2D eigenvalue weighted by Crippen LogP contribution is -2.50. The minimum absolute atomic E-state index is 0.0226. The van der Waals surface area contributed by atoms with E-state index in [0.717, 1.165) is 49.7 Å². The van der Waals surface area contributed by atoms with E-state index >= 15 is 0 Å². The van der Waals surface area contributed by atoms with Crippen LogP contribution in [0.1, 0.15) is 85.1 Å². The van der Waals surface area contributed by atoms with Gasteiger partial charge in [-0.1, -0.05) is 6.07 Å². The van der Waals surface area contributed by atoms with Gasteiger partial charge in [0, 0.05) is 35.6 Å². The lowest BCUT2D eigenvalue weighted by atomic mass is 9.88. The molecule has 210 valence electrons. The maximum absolute atomic E-state index is 13.8. The zero-order valence-electron chi connectivity index (χ0n) is 23.3. The van der Waals surface area contributed by atoms with Crippen LogP contribution in [0.4, 0.5) is 5.69 Å². The number of pyridine rings is 1. The predicted molar refractivity (Wildman–Crippen MR) is 152 cm³/mol. The molecule has 3 aliphatic carbocycles. The first-order chi connectivity index (χ1) is 19.3. The number of nitrogens with one attached hydrogen (secondary N) is 3. The molecule has 0 radical (unpaired) electrons. The lowest BCUT2D eigenvalue weighted by molar-refractivity contribution is -0.119. The van der Waals surface area contributed by atoms with E-state index in [0.29, 0.717) is 34.5 Å². The van der Waals surface area contributed by atoms with Gasteiger partial charge in [-0.3, -0.25) is 19.1 Å². The van der Waals surface area contributed by atoms with Crippen LogP contribution < -0.4 is 20.9 Å². The van der Waals surface area contributed by atoms with Crippen molar-refractivity contribution in [3.63, 3.8) is 0 Å². The number of hydrogen-bond donors (Lipinski definition) is 3. The number of amides is 2. The third-order valence-corrected chi connectivity index (χ3v) is 8.68. The zero-order valence-corrected chi connectivity index (χ0v) is 23.3. The molecule has 2 atom stereocenters. The van der Waals surface area contributed by atoms with E-state index in [-0.39, 0.29) is 35.3 Å². The number of fused-ring (bicyclic) bond motifs is 1. The molecule has 2 unspecified atom stereocenters. The summed E-state index contributed by atoms with van der Waals surface area (Å²) in [5.41, 5.74) is 3.97. The highest BCUT2D eigenvalue weighted by molar-refractivity contribution is 6.01. The molecule has 3 aromatic rings. The molecular formula is C31H37N5O4. The Morgan fingerprint density at radius 2 is 1.80 bits per heavy atom. The molecule has 0 aliphatic heterocycles. The number of aromatic amines is 1.